The van der Waals surface area contributed by atoms with Gasteiger partial charge in [0.2, 0.25) is 5.82 Å². The van der Waals surface area contributed by atoms with Crippen LogP contribution < -0.4 is 5.32 Å². The van der Waals surface area contributed by atoms with Gasteiger partial charge in [-0.3, -0.25) is 9.59 Å². The quantitative estimate of drug-likeness (QED) is 0.727. The van der Waals surface area contributed by atoms with Crippen LogP contribution in [0.5, 0.6) is 0 Å². The van der Waals surface area contributed by atoms with Crippen molar-refractivity contribution in [2.45, 2.75) is 13.0 Å². The molecule has 0 spiro atoms. The van der Waals surface area contributed by atoms with Crippen LogP contribution in [0, 0.1) is 17.7 Å². The number of carbonyl (C=O) groups excluding carboxylic acids is 2. The van der Waals surface area contributed by atoms with Crippen molar-refractivity contribution in [3.63, 3.8) is 0 Å². The first-order valence-corrected chi connectivity index (χ1v) is 9.92. The van der Waals surface area contributed by atoms with Gasteiger partial charge in [-0.2, -0.15) is 0 Å². The molecule has 152 valence electrons. The van der Waals surface area contributed by atoms with E-state index in [0.717, 1.165) is 5.82 Å². The van der Waals surface area contributed by atoms with Gasteiger partial charge in [-0.25, -0.2) is 4.39 Å². The normalized spacial score (nSPS) is 19.8. The van der Waals surface area contributed by atoms with Crippen LogP contribution in [0.3, 0.4) is 0 Å². The molecule has 1 aromatic heterocycles. The van der Waals surface area contributed by atoms with E-state index in [0.29, 0.717) is 31.7 Å². The molecule has 3 aromatic rings. The molecule has 5 rings (SSSR count). The third kappa shape index (κ3) is 3.24. The maximum absolute atomic E-state index is 14.0. The van der Waals surface area contributed by atoms with Gasteiger partial charge >= 0.3 is 0 Å². The molecule has 2 aliphatic heterocycles. The molecular weight excluding hydrogens is 385 g/mol. The minimum absolute atomic E-state index is 0.0958. The number of hydrogen-bond donors (Lipinski definition) is 1. The second kappa shape index (κ2) is 7.37. The average molecular weight is 405 g/mol. The number of aromatic nitrogens is 3. The topological polar surface area (TPSA) is 80.1 Å². The van der Waals surface area contributed by atoms with Crippen molar-refractivity contribution >= 4 is 17.5 Å². The van der Waals surface area contributed by atoms with Gasteiger partial charge < -0.3 is 14.8 Å². The number of nitrogens with zero attached hydrogens (tertiary/aromatic N) is 4. The van der Waals surface area contributed by atoms with Crippen LogP contribution in [0.2, 0.25) is 0 Å². The molecule has 30 heavy (non-hydrogen) atoms. The van der Waals surface area contributed by atoms with Crippen LogP contribution in [0.15, 0.2) is 54.6 Å². The Morgan fingerprint density at radius 2 is 1.67 bits per heavy atom. The molecule has 0 bridgehead atoms. The number of amides is 2. The van der Waals surface area contributed by atoms with Crippen molar-refractivity contribution in [3.8, 4) is 0 Å². The van der Waals surface area contributed by atoms with Crippen molar-refractivity contribution in [1.82, 2.24) is 19.7 Å². The van der Waals surface area contributed by atoms with Crippen LogP contribution >= 0.6 is 0 Å². The highest BCUT2D eigenvalue weighted by atomic mass is 19.1. The second-order valence-electron chi connectivity index (χ2n) is 7.78. The zero-order valence-electron chi connectivity index (χ0n) is 16.2. The zero-order chi connectivity index (χ0) is 20.7. The summed E-state index contributed by atoms with van der Waals surface area (Å²) in [4.78, 5) is 27.2. The fraction of sp³-hybridized carbons (Fsp3) is 0.273. The number of hydrogen-bond acceptors (Lipinski definition) is 4. The summed E-state index contributed by atoms with van der Waals surface area (Å²) in [7, 11) is 0. The average Bonchev–Trinajstić information content (AvgIpc) is 3.36. The summed E-state index contributed by atoms with van der Waals surface area (Å²) in [6.07, 6.45) is 0.636. The number of fused-ring (bicyclic) bond motifs is 2. The first kappa shape index (κ1) is 18.5. The lowest BCUT2D eigenvalue weighted by molar-refractivity contribution is 0.0778. The van der Waals surface area contributed by atoms with Crippen molar-refractivity contribution < 1.29 is 14.0 Å². The number of carbonyl (C=O) groups is 2. The summed E-state index contributed by atoms with van der Waals surface area (Å²) in [5, 5.41) is 11.2. The van der Waals surface area contributed by atoms with Gasteiger partial charge in [0.15, 0.2) is 0 Å². The van der Waals surface area contributed by atoms with E-state index in [1.807, 2.05) is 34.9 Å². The van der Waals surface area contributed by atoms with E-state index in [1.165, 1.54) is 12.1 Å². The third-order valence-electron chi connectivity index (χ3n) is 5.89. The number of nitrogens with one attached hydrogen (secondary N) is 1. The lowest BCUT2D eigenvalue weighted by Crippen LogP contribution is -2.31. The standard InChI is InChI=1S/C22H20FN5O2/c23-18-9-5-4-8-17(18)22(30)27-11-14-10-19-25-26-20(28(19)13-15(14)12-27)21(29)24-16-6-2-1-3-7-16/h1-9,14-15H,10-13H2,(H,24,29)/t14-,15-/m0/s1. The van der Waals surface area contributed by atoms with Gasteiger partial charge in [0.05, 0.1) is 5.56 Å². The molecule has 0 aliphatic carbocycles. The zero-order valence-corrected chi connectivity index (χ0v) is 16.2. The molecule has 1 N–H and O–H groups in total. The van der Waals surface area contributed by atoms with Crippen LogP contribution in [0.25, 0.3) is 0 Å². The molecule has 8 heteroatoms. The van der Waals surface area contributed by atoms with Gasteiger partial charge in [-0.15, -0.1) is 10.2 Å². The van der Waals surface area contributed by atoms with Crippen molar-refractivity contribution in [2.24, 2.45) is 11.8 Å². The molecule has 7 nitrogen and oxygen atoms in total. The molecule has 0 saturated carbocycles. The fourth-order valence-electron chi connectivity index (χ4n) is 4.37. The number of likely N-dealkylation sites (tertiary alicyclic amines) is 1. The number of rotatable bonds is 3. The minimum Gasteiger partial charge on any atom is -0.338 e. The highest BCUT2D eigenvalue weighted by molar-refractivity contribution is 6.01. The summed E-state index contributed by atoms with van der Waals surface area (Å²) in [6, 6.07) is 15.2. The Labute approximate surface area is 172 Å². The predicted molar refractivity (Wildman–Crippen MR) is 107 cm³/mol. The number of anilines is 1. The Hall–Kier alpha value is -3.55. The van der Waals surface area contributed by atoms with Crippen molar-refractivity contribution in [3.05, 3.63) is 77.6 Å². The molecule has 2 atom stereocenters. The smallest absolute Gasteiger partial charge is 0.293 e. The lowest BCUT2D eigenvalue weighted by Gasteiger charge is -2.25. The molecule has 3 heterocycles. The van der Waals surface area contributed by atoms with Gasteiger partial charge in [-0.1, -0.05) is 30.3 Å². The van der Waals surface area contributed by atoms with Crippen LogP contribution in [-0.2, 0) is 13.0 Å². The lowest BCUT2D eigenvalue weighted by atomic mass is 9.89. The largest absolute Gasteiger partial charge is 0.338 e. The molecule has 1 fully saturated rings. The summed E-state index contributed by atoms with van der Waals surface area (Å²) in [5.74, 6) is 0.307. The summed E-state index contributed by atoms with van der Waals surface area (Å²) in [5.41, 5.74) is 0.787. The Morgan fingerprint density at radius 1 is 0.933 bits per heavy atom. The van der Waals surface area contributed by atoms with E-state index >= 15 is 0 Å². The first-order valence-electron chi connectivity index (χ1n) is 9.92. The van der Waals surface area contributed by atoms with Crippen molar-refractivity contribution in [2.75, 3.05) is 18.4 Å². The van der Waals surface area contributed by atoms with E-state index in [9.17, 15) is 14.0 Å². The first-order chi connectivity index (χ1) is 14.6. The van der Waals surface area contributed by atoms with E-state index < -0.39 is 5.82 Å². The second-order valence-corrected chi connectivity index (χ2v) is 7.78. The summed E-state index contributed by atoms with van der Waals surface area (Å²) < 4.78 is 15.9. The Balaban J connectivity index is 1.32. The van der Waals surface area contributed by atoms with Crippen LogP contribution in [-0.4, -0.2) is 44.6 Å². The SMILES string of the molecule is O=C(Nc1ccccc1)c1nnc2n1C[C@@H]1CN(C(=O)c3ccccc3F)C[C@@H]1C2. The highest BCUT2D eigenvalue weighted by Crippen LogP contribution is 2.33. The monoisotopic (exact) mass is 405 g/mol. The van der Waals surface area contributed by atoms with E-state index in [4.69, 9.17) is 0 Å². The summed E-state index contributed by atoms with van der Waals surface area (Å²) >= 11 is 0. The third-order valence-corrected chi connectivity index (χ3v) is 5.89. The van der Waals surface area contributed by atoms with Gasteiger partial charge in [0.1, 0.15) is 11.6 Å². The number of halogens is 1. The summed E-state index contributed by atoms with van der Waals surface area (Å²) in [6.45, 7) is 1.64. The van der Waals surface area contributed by atoms with Crippen molar-refractivity contribution in [1.29, 1.82) is 0 Å². The molecule has 2 amide bonds. The Kier molecular flexibility index (Phi) is 4.54. The maximum atomic E-state index is 14.0. The van der Waals surface area contributed by atoms with E-state index in [-0.39, 0.29) is 35.0 Å². The van der Waals surface area contributed by atoms with Gasteiger partial charge in [0, 0.05) is 31.7 Å². The molecule has 0 unspecified atom stereocenters. The molecule has 2 aromatic carbocycles. The molecule has 1 saturated heterocycles. The van der Waals surface area contributed by atoms with Gasteiger partial charge in [-0.05, 0) is 36.1 Å². The Bertz CT molecular complexity index is 1110. The minimum atomic E-state index is -0.505. The molecule has 2 aliphatic rings. The van der Waals surface area contributed by atoms with Crippen LogP contribution in [0.1, 0.15) is 26.8 Å². The van der Waals surface area contributed by atoms with Gasteiger partial charge in [0.25, 0.3) is 11.8 Å². The molecule has 0 radical (unpaired) electrons. The number of para-hydroxylation sites is 1. The predicted octanol–water partition coefficient (Wildman–Crippen LogP) is 2.61. The molecular formula is C22H20FN5O2. The van der Waals surface area contributed by atoms with E-state index in [2.05, 4.69) is 15.5 Å². The fourth-order valence-corrected chi connectivity index (χ4v) is 4.37. The van der Waals surface area contributed by atoms with Crippen LogP contribution in [0.4, 0.5) is 10.1 Å². The Morgan fingerprint density at radius 3 is 2.47 bits per heavy atom. The number of benzene rings is 2. The highest BCUT2D eigenvalue weighted by Gasteiger charge is 2.41. The van der Waals surface area contributed by atoms with E-state index in [1.54, 1.807) is 17.0 Å². The maximum Gasteiger partial charge on any atom is 0.293 e.